The molecule has 1 atom stereocenters. The first-order valence-electron chi connectivity index (χ1n) is 6.60. The maximum absolute atomic E-state index is 11.4. The molecule has 1 heterocycles. The van der Waals surface area contributed by atoms with Crippen molar-refractivity contribution < 1.29 is 9.90 Å². The Morgan fingerprint density at radius 1 is 1.56 bits per heavy atom. The van der Waals surface area contributed by atoms with Gasteiger partial charge in [-0.3, -0.25) is 9.69 Å². The molecule has 0 aromatic carbocycles. The van der Waals surface area contributed by atoms with Crippen LogP contribution in [0.1, 0.15) is 37.8 Å². The van der Waals surface area contributed by atoms with Crippen LogP contribution in [-0.2, 0) is 11.2 Å². The van der Waals surface area contributed by atoms with E-state index in [0.717, 1.165) is 18.5 Å². The third-order valence-corrected chi connectivity index (χ3v) is 3.90. The first-order chi connectivity index (χ1) is 8.68. The maximum atomic E-state index is 11.4. The van der Waals surface area contributed by atoms with Gasteiger partial charge in [0.15, 0.2) is 0 Å². The molecule has 18 heavy (non-hydrogen) atoms. The molecule has 2 N–H and O–H groups in total. The van der Waals surface area contributed by atoms with Crippen LogP contribution in [0.15, 0.2) is 12.5 Å². The predicted octanol–water partition coefficient (Wildman–Crippen LogP) is 1.67. The van der Waals surface area contributed by atoms with Gasteiger partial charge in [-0.15, -0.1) is 0 Å². The van der Waals surface area contributed by atoms with Crippen LogP contribution >= 0.6 is 0 Å². The standard InChI is InChI=1S/C13H21N3O2/c1-16(11-5-3-2-4-6-11)12(13(17)18)7-10-8-14-9-15-10/h8-9,11-12H,2-7H2,1H3,(H,14,15)(H,17,18)/t12-/m0/s1. The molecule has 0 amide bonds. The zero-order chi connectivity index (χ0) is 13.0. The van der Waals surface area contributed by atoms with Crippen LogP contribution < -0.4 is 0 Å². The number of aromatic nitrogens is 2. The number of imidazole rings is 1. The van der Waals surface area contributed by atoms with Crippen LogP contribution in [0.2, 0.25) is 0 Å². The zero-order valence-electron chi connectivity index (χ0n) is 10.8. The summed E-state index contributed by atoms with van der Waals surface area (Å²) in [6.45, 7) is 0. The van der Waals surface area contributed by atoms with Gasteiger partial charge in [0, 0.05) is 24.4 Å². The molecule has 1 aromatic heterocycles. The fourth-order valence-electron chi connectivity index (χ4n) is 2.75. The van der Waals surface area contributed by atoms with Gasteiger partial charge in [-0.05, 0) is 19.9 Å². The summed E-state index contributed by atoms with van der Waals surface area (Å²) >= 11 is 0. The number of nitrogens with zero attached hydrogens (tertiary/aromatic N) is 2. The van der Waals surface area contributed by atoms with E-state index >= 15 is 0 Å². The second-order valence-electron chi connectivity index (χ2n) is 5.09. The van der Waals surface area contributed by atoms with Gasteiger partial charge in [-0.25, -0.2) is 4.98 Å². The molecule has 0 spiro atoms. The van der Waals surface area contributed by atoms with Gasteiger partial charge < -0.3 is 10.1 Å². The number of hydrogen-bond donors (Lipinski definition) is 2. The van der Waals surface area contributed by atoms with Gasteiger partial charge >= 0.3 is 5.97 Å². The average Bonchev–Trinajstić information content (AvgIpc) is 2.89. The quantitative estimate of drug-likeness (QED) is 0.835. The fraction of sp³-hybridized carbons (Fsp3) is 0.692. The van der Waals surface area contributed by atoms with E-state index < -0.39 is 12.0 Å². The Balaban J connectivity index is 2.01. The van der Waals surface area contributed by atoms with E-state index in [1.807, 2.05) is 11.9 Å². The Morgan fingerprint density at radius 2 is 2.28 bits per heavy atom. The van der Waals surface area contributed by atoms with Crippen molar-refractivity contribution in [3.63, 3.8) is 0 Å². The second-order valence-corrected chi connectivity index (χ2v) is 5.09. The predicted molar refractivity (Wildman–Crippen MR) is 68.4 cm³/mol. The highest BCUT2D eigenvalue weighted by Crippen LogP contribution is 2.23. The van der Waals surface area contributed by atoms with E-state index in [1.165, 1.54) is 19.3 Å². The normalized spacial score (nSPS) is 19.0. The van der Waals surface area contributed by atoms with Crippen LogP contribution in [0.4, 0.5) is 0 Å². The Labute approximate surface area is 107 Å². The molecule has 1 saturated carbocycles. The van der Waals surface area contributed by atoms with Crippen LogP contribution in [-0.4, -0.2) is 45.1 Å². The molecule has 0 aliphatic heterocycles. The van der Waals surface area contributed by atoms with Crippen molar-refractivity contribution >= 4 is 5.97 Å². The molecule has 0 unspecified atom stereocenters. The molecule has 5 heteroatoms. The minimum atomic E-state index is -0.752. The number of carboxylic acid groups (broad SMARTS) is 1. The third kappa shape index (κ3) is 3.10. The first kappa shape index (κ1) is 13.1. The first-order valence-corrected chi connectivity index (χ1v) is 6.60. The lowest BCUT2D eigenvalue weighted by atomic mass is 9.93. The molecule has 1 aliphatic carbocycles. The van der Waals surface area contributed by atoms with Gasteiger partial charge in [-0.2, -0.15) is 0 Å². The molecule has 1 aliphatic rings. The summed E-state index contributed by atoms with van der Waals surface area (Å²) in [5.74, 6) is -0.752. The Bertz CT molecular complexity index is 372. The maximum Gasteiger partial charge on any atom is 0.321 e. The number of H-pyrrole nitrogens is 1. The highest BCUT2D eigenvalue weighted by molar-refractivity contribution is 5.73. The van der Waals surface area contributed by atoms with E-state index in [0.29, 0.717) is 12.5 Å². The minimum Gasteiger partial charge on any atom is -0.480 e. The van der Waals surface area contributed by atoms with Crippen LogP contribution in [0.5, 0.6) is 0 Å². The largest absolute Gasteiger partial charge is 0.480 e. The molecule has 1 fully saturated rings. The van der Waals surface area contributed by atoms with Gasteiger partial charge in [0.2, 0.25) is 0 Å². The average molecular weight is 251 g/mol. The molecule has 0 bridgehead atoms. The summed E-state index contributed by atoms with van der Waals surface area (Å²) in [7, 11) is 1.94. The summed E-state index contributed by atoms with van der Waals surface area (Å²) in [6.07, 6.45) is 9.72. The smallest absolute Gasteiger partial charge is 0.321 e. The lowest BCUT2D eigenvalue weighted by Gasteiger charge is -2.35. The number of nitrogens with one attached hydrogen (secondary N) is 1. The summed E-state index contributed by atoms with van der Waals surface area (Å²) in [5, 5.41) is 9.40. The Hall–Kier alpha value is -1.36. The van der Waals surface area contributed by atoms with Crippen molar-refractivity contribution in [1.82, 2.24) is 14.9 Å². The molecule has 2 rings (SSSR count). The van der Waals surface area contributed by atoms with E-state index in [9.17, 15) is 9.90 Å². The SMILES string of the molecule is CN(C1CCCCC1)[C@@H](Cc1cnc[nH]1)C(=O)O. The van der Waals surface area contributed by atoms with E-state index in [2.05, 4.69) is 9.97 Å². The molecule has 0 radical (unpaired) electrons. The van der Waals surface area contributed by atoms with Crippen molar-refractivity contribution in [2.24, 2.45) is 0 Å². The van der Waals surface area contributed by atoms with E-state index in [4.69, 9.17) is 0 Å². The topological polar surface area (TPSA) is 69.2 Å². The Kier molecular flexibility index (Phi) is 4.36. The van der Waals surface area contributed by atoms with Gasteiger partial charge in [0.25, 0.3) is 0 Å². The van der Waals surface area contributed by atoms with Gasteiger partial charge in [0.1, 0.15) is 6.04 Å². The van der Waals surface area contributed by atoms with Crippen molar-refractivity contribution in [3.8, 4) is 0 Å². The molecule has 1 aromatic rings. The lowest BCUT2D eigenvalue weighted by Crippen LogP contribution is -2.46. The fourth-order valence-corrected chi connectivity index (χ4v) is 2.75. The summed E-state index contributed by atoms with van der Waals surface area (Å²) < 4.78 is 0. The lowest BCUT2D eigenvalue weighted by molar-refractivity contribution is -0.143. The third-order valence-electron chi connectivity index (χ3n) is 3.90. The van der Waals surface area contributed by atoms with E-state index in [-0.39, 0.29) is 0 Å². The highest BCUT2D eigenvalue weighted by Gasteiger charge is 2.29. The number of aliphatic carboxylic acids is 1. The minimum absolute atomic E-state index is 0.405. The highest BCUT2D eigenvalue weighted by atomic mass is 16.4. The number of carboxylic acids is 1. The zero-order valence-corrected chi connectivity index (χ0v) is 10.8. The second kappa shape index (κ2) is 6.00. The van der Waals surface area contributed by atoms with Gasteiger partial charge in [0.05, 0.1) is 6.33 Å². The van der Waals surface area contributed by atoms with Crippen LogP contribution in [0.3, 0.4) is 0 Å². The van der Waals surface area contributed by atoms with Crippen molar-refractivity contribution in [2.75, 3.05) is 7.05 Å². The van der Waals surface area contributed by atoms with Crippen LogP contribution in [0.25, 0.3) is 0 Å². The van der Waals surface area contributed by atoms with Crippen molar-refractivity contribution in [3.05, 3.63) is 18.2 Å². The number of carbonyl (C=O) groups is 1. The summed E-state index contributed by atoms with van der Waals surface area (Å²) in [6, 6.07) is -0.0590. The van der Waals surface area contributed by atoms with Gasteiger partial charge in [-0.1, -0.05) is 19.3 Å². The number of aromatic amines is 1. The summed E-state index contributed by atoms with van der Waals surface area (Å²) in [5.41, 5.74) is 0.880. The molecular weight excluding hydrogens is 230 g/mol. The molecular formula is C13H21N3O2. The Morgan fingerprint density at radius 3 is 2.83 bits per heavy atom. The monoisotopic (exact) mass is 251 g/mol. The molecule has 100 valence electrons. The van der Waals surface area contributed by atoms with Crippen molar-refractivity contribution in [1.29, 1.82) is 0 Å². The molecule has 0 saturated heterocycles. The van der Waals surface area contributed by atoms with Crippen LogP contribution in [0, 0.1) is 0 Å². The number of likely N-dealkylation sites (N-methyl/N-ethyl adjacent to an activating group) is 1. The summed E-state index contributed by atoms with van der Waals surface area (Å²) in [4.78, 5) is 20.4. The number of rotatable bonds is 5. The number of hydrogen-bond acceptors (Lipinski definition) is 3. The molecule has 5 nitrogen and oxygen atoms in total. The van der Waals surface area contributed by atoms with Crippen molar-refractivity contribution in [2.45, 2.75) is 50.6 Å². The van der Waals surface area contributed by atoms with E-state index in [1.54, 1.807) is 12.5 Å².